The lowest BCUT2D eigenvalue weighted by Gasteiger charge is -2.06. The maximum Gasteiger partial charge on any atom is 0.436 e. The molecular formula is C7H14O5P+. The van der Waals surface area contributed by atoms with E-state index in [1.54, 1.807) is 13.8 Å². The third-order valence-corrected chi connectivity index (χ3v) is 2.23. The van der Waals surface area contributed by atoms with Crippen LogP contribution < -0.4 is 0 Å². The fourth-order valence-corrected chi connectivity index (χ4v) is 0.802. The van der Waals surface area contributed by atoms with Gasteiger partial charge in [-0.25, -0.2) is 4.79 Å². The van der Waals surface area contributed by atoms with Gasteiger partial charge in [0.25, 0.3) is 0 Å². The molecule has 0 aliphatic rings. The van der Waals surface area contributed by atoms with Crippen molar-refractivity contribution in [1.82, 2.24) is 0 Å². The molecule has 0 aliphatic heterocycles. The first-order valence-electron chi connectivity index (χ1n) is 3.70. The number of allylic oxidation sites excluding steroid dienone is 1. The van der Waals surface area contributed by atoms with E-state index in [0.29, 0.717) is 0 Å². The van der Waals surface area contributed by atoms with Crippen molar-refractivity contribution in [3.05, 3.63) is 11.4 Å². The smallest absolute Gasteiger partial charge is 0.436 e. The minimum Gasteiger partial charge on any atom is -0.460 e. The van der Waals surface area contributed by atoms with Crippen molar-refractivity contribution in [2.24, 2.45) is 0 Å². The molecule has 0 unspecified atom stereocenters. The van der Waals surface area contributed by atoms with E-state index in [1.165, 1.54) is 6.92 Å². The van der Waals surface area contributed by atoms with Crippen molar-refractivity contribution >= 4 is 13.9 Å². The Balaban J connectivity index is 4.32. The van der Waals surface area contributed by atoms with Crippen molar-refractivity contribution in [2.75, 3.05) is 0 Å². The number of hydrogen-bond donors (Lipinski definition) is 3. The molecule has 13 heavy (non-hydrogen) atoms. The summed E-state index contributed by atoms with van der Waals surface area (Å²) in [4.78, 5) is 37.0. The zero-order valence-electron chi connectivity index (χ0n) is 7.76. The monoisotopic (exact) mass is 209 g/mol. The second-order valence-electron chi connectivity index (χ2n) is 2.84. The van der Waals surface area contributed by atoms with Crippen LogP contribution in [0, 0.1) is 0 Å². The van der Waals surface area contributed by atoms with Crippen LogP contribution >= 0.6 is 7.94 Å². The third-order valence-electron chi connectivity index (χ3n) is 1.15. The predicted octanol–water partition coefficient (Wildman–Crippen LogP) is 0.581. The van der Waals surface area contributed by atoms with Gasteiger partial charge >= 0.3 is 13.9 Å². The molecule has 6 heteroatoms. The maximum atomic E-state index is 10.9. The van der Waals surface area contributed by atoms with Gasteiger partial charge in [0.15, 0.2) is 5.31 Å². The summed E-state index contributed by atoms with van der Waals surface area (Å²) in [5, 5.41) is -0.182. The summed E-state index contributed by atoms with van der Waals surface area (Å²) in [6.45, 7) is 4.58. The number of esters is 1. The Hall–Kier alpha value is -0.480. The highest BCUT2D eigenvalue weighted by Gasteiger charge is 2.34. The van der Waals surface area contributed by atoms with E-state index in [9.17, 15) is 4.79 Å². The fourth-order valence-electron chi connectivity index (χ4n) is 0.523. The van der Waals surface area contributed by atoms with Crippen LogP contribution in [0.2, 0.25) is 0 Å². The molecule has 0 spiro atoms. The topological polar surface area (TPSA) is 87.0 Å². The maximum absolute atomic E-state index is 10.9. The van der Waals surface area contributed by atoms with Crippen molar-refractivity contribution in [1.29, 1.82) is 0 Å². The summed E-state index contributed by atoms with van der Waals surface area (Å²) >= 11 is 0. The summed E-state index contributed by atoms with van der Waals surface area (Å²) < 4.78 is 4.69. The number of hydrogen-bond acceptors (Lipinski definition) is 5. The SMILES string of the molecule is CC(=CC(=O)OC(C)C)[P+](O)(O)O. The highest BCUT2D eigenvalue weighted by Crippen LogP contribution is 2.53. The van der Waals surface area contributed by atoms with Crippen LogP contribution in [0.25, 0.3) is 0 Å². The third kappa shape index (κ3) is 5.71. The molecule has 0 aromatic rings. The first-order chi connectivity index (χ1) is 5.73. The molecule has 0 heterocycles. The quantitative estimate of drug-likeness (QED) is 0.359. The molecule has 0 saturated carbocycles. The predicted molar refractivity (Wildman–Crippen MR) is 48.6 cm³/mol. The Morgan fingerprint density at radius 1 is 1.38 bits per heavy atom. The van der Waals surface area contributed by atoms with Gasteiger partial charge in [-0.3, -0.25) is 0 Å². The molecule has 0 radical (unpaired) electrons. The van der Waals surface area contributed by atoms with Gasteiger partial charge in [-0.15, -0.1) is 0 Å². The van der Waals surface area contributed by atoms with Crippen molar-refractivity contribution in [3.63, 3.8) is 0 Å². The van der Waals surface area contributed by atoms with E-state index >= 15 is 0 Å². The van der Waals surface area contributed by atoms with Crippen LogP contribution in [0.5, 0.6) is 0 Å². The Labute approximate surface area is 77.2 Å². The van der Waals surface area contributed by atoms with Gasteiger partial charge in [0.1, 0.15) is 0 Å². The van der Waals surface area contributed by atoms with Gasteiger partial charge in [-0.05, 0) is 13.8 Å². The van der Waals surface area contributed by atoms with E-state index in [4.69, 9.17) is 14.7 Å². The van der Waals surface area contributed by atoms with E-state index < -0.39 is 13.9 Å². The highest BCUT2D eigenvalue weighted by molar-refractivity contribution is 7.63. The lowest BCUT2D eigenvalue weighted by molar-refractivity contribution is -0.141. The van der Waals surface area contributed by atoms with Crippen molar-refractivity contribution in [3.8, 4) is 0 Å². The Morgan fingerprint density at radius 3 is 2.15 bits per heavy atom. The van der Waals surface area contributed by atoms with Gasteiger partial charge in [-0.2, -0.15) is 14.7 Å². The largest absolute Gasteiger partial charge is 0.460 e. The second kappa shape index (κ2) is 4.67. The van der Waals surface area contributed by atoms with E-state index in [-0.39, 0.29) is 11.4 Å². The molecular weight excluding hydrogens is 195 g/mol. The Bertz CT molecular complexity index is 215. The molecule has 3 N–H and O–H groups in total. The number of carbonyl (C=O) groups excluding carboxylic acids is 1. The minimum absolute atomic E-state index is 0.182. The normalized spacial score (nSPS) is 13.3. The number of rotatable bonds is 3. The summed E-state index contributed by atoms with van der Waals surface area (Å²) in [6.07, 6.45) is 0.591. The molecule has 76 valence electrons. The van der Waals surface area contributed by atoms with Crippen molar-refractivity contribution in [2.45, 2.75) is 26.9 Å². The summed E-state index contributed by atoms with van der Waals surface area (Å²) in [5.41, 5.74) is 0. The fraction of sp³-hybridized carbons (Fsp3) is 0.571. The van der Waals surface area contributed by atoms with Gasteiger partial charge in [-0.1, -0.05) is 0 Å². The van der Waals surface area contributed by atoms with E-state index in [1.807, 2.05) is 0 Å². The van der Waals surface area contributed by atoms with Gasteiger partial charge in [0, 0.05) is 6.92 Å². The molecule has 0 aromatic carbocycles. The van der Waals surface area contributed by atoms with E-state index in [0.717, 1.165) is 6.08 Å². The number of ether oxygens (including phenoxy) is 1. The van der Waals surface area contributed by atoms with Crippen LogP contribution in [-0.2, 0) is 9.53 Å². The average Bonchev–Trinajstić information content (AvgIpc) is 1.82. The number of carbonyl (C=O) groups is 1. The Morgan fingerprint density at radius 2 is 1.85 bits per heavy atom. The van der Waals surface area contributed by atoms with Crippen LogP contribution in [-0.4, -0.2) is 26.8 Å². The molecule has 0 fully saturated rings. The van der Waals surface area contributed by atoms with E-state index in [2.05, 4.69) is 4.74 Å². The molecule has 0 aromatic heterocycles. The van der Waals surface area contributed by atoms with Gasteiger partial charge < -0.3 is 4.74 Å². The Kier molecular flexibility index (Phi) is 4.50. The lowest BCUT2D eigenvalue weighted by atomic mass is 10.4. The highest BCUT2D eigenvalue weighted by atomic mass is 31.2. The molecule has 0 amide bonds. The van der Waals surface area contributed by atoms with Crippen LogP contribution in [0.1, 0.15) is 20.8 Å². The van der Waals surface area contributed by atoms with Gasteiger partial charge in [0.05, 0.1) is 12.2 Å². The van der Waals surface area contributed by atoms with Crippen molar-refractivity contribution < 1.29 is 24.2 Å². The summed E-state index contributed by atoms with van der Waals surface area (Å²) in [5.74, 6) is -0.700. The first-order valence-corrected chi connectivity index (χ1v) is 5.35. The zero-order chi connectivity index (χ0) is 10.6. The summed E-state index contributed by atoms with van der Waals surface area (Å²) in [6, 6.07) is 0. The van der Waals surface area contributed by atoms with Crippen LogP contribution in [0.3, 0.4) is 0 Å². The zero-order valence-corrected chi connectivity index (χ0v) is 8.65. The second-order valence-corrected chi connectivity index (χ2v) is 4.68. The molecule has 0 rings (SSSR count). The average molecular weight is 209 g/mol. The van der Waals surface area contributed by atoms with Crippen LogP contribution in [0.4, 0.5) is 0 Å². The standard InChI is InChI=1S/C7H14O5P/c1-5(2)12-7(8)4-6(3)13(9,10)11/h4-5,9-11H,1-3H3/q+1. The molecule has 0 atom stereocenters. The molecule has 5 nitrogen and oxygen atoms in total. The molecule has 0 bridgehead atoms. The van der Waals surface area contributed by atoms with Gasteiger partial charge in [0.2, 0.25) is 0 Å². The lowest BCUT2D eigenvalue weighted by Crippen LogP contribution is -2.09. The molecule has 0 saturated heterocycles. The molecule has 0 aliphatic carbocycles. The first kappa shape index (κ1) is 12.5. The summed E-state index contributed by atoms with van der Waals surface area (Å²) in [7, 11) is -4.04. The minimum atomic E-state index is -4.04. The van der Waals surface area contributed by atoms with Crippen LogP contribution in [0.15, 0.2) is 11.4 Å².